The third-order valence-electron chi connectivity index (χ3n) is 1.43. The standard InChI is InChI=1S/C7H6BrN5/c8-5-1-2-7(10-3-5)13-11-4-6(9)12-13/h1-4H,(H2,9,12). The second-order valence-corrected chi connectivity index (χ2v) is 3.31. The van der Waals surface area contributed by atoms with Crippen LogP contribution in [-0.4, -0.2) is 20.0 Å². The lowest BCUT2D eigenvalue weighted by molar-refractivity contribution is 0.731. The molecule has 0 unspecified atom stereocenters. The minimum absolute atomic E-state index is 0.379. The molecule has 0 amide bonds. The van der Waals surface area contributed by atoms with Gasteiger partial charge in [-0.25, -0.2) is 4.98 Å². The molecule has 13 heavy (non-hydrogen) atoms. The summed E-state index contributed by atoms with van der Waals surface area (Å²) >= 11 is 3.29. The second kappa shape index (κ2) is 3.14. The van der Waals surface area contributed by atoms with Gasteiger partial charge in [-0.05, 0) is 28.1 Å². The molecule has 0 saturated heterocycles. The summed E-state index contributed by atoms with van der Waals surface area (Å²) in [7, 11) is 0. The van der Waals surface area contributed by atoms with E-state index in [1.807, 2.05) is 6.07 Å². The van der Waals surface area contributed by atoms with Gasteiger partial charge >= 0.3 is 0 Å². The molecular weight excluding hydrogens is 234 g/mol. The van der Waals surface area contributed by atoms with Crippen LogP contribution < -0.4 is 5.73 Å². The van der Waals surface area contributed by atoms with E-state index in [9.17, 15) is 0 Å². The van der Waals surface area contributed by atoms with Crippen LogP contribution in [0.3, 0.4) is 0 Å². The van der Waals surface area contributed by atoms with Crippen LogP contribution >= 0.6 is 15.9 Å². The van der Waals surface area contributed by atoms with E-state index in [-0.39, 0.29) is 0 Å². The van der Waals surface area contributed by atoms with E-state index < -0.39 is 0 Å². The molecule has 6 heteroatoms. The minimum atomic E-state index is 0.379. The molecule has 0 aliphatic heterocycles. The van der Waals surface area contributed by atoms with E-state index in [4.69, 9.17) is 5.73 Å². The van der Waals surface area contributed by atoms with Crippen LogP contribution in [0.2, 0.25) is 0 Å². The van der Waals surface area contributed by atoms with Crippen LogP contribution in [0, 0.1) is 0 Å². The number of nitrogens with two attached hydrogens (primary N) is 1. The van der Waals surface area contributed by atoms with Crippen molar-refractivity contribution in [1.82, 2.24) is 20.0 Å². The fraction of sp³-hybridized carbons (Fsp3) is 0. The first kappa shape index (κ1) is 8.18. The van der Waals surface area contributed by atoms with E-state index in [1.165, 1.54) is 11.0 Å². The highest BCUT2D eigenvalue weighted by Crippen LogP contribution is 2.09. The lowest BCUT2D eigenvalue weighted by Gasteiger charge is -1.96. The molecule has 2 rings (SSSR count). The normalized spacial score (nSPS) is 10.2. The average molecular weight is 240 g/mol. The Morgan fingerprint density at radius 2 is 2.15 bits per heavy atom. The lowest BCUT2D eigenvalue weighted by atomic mass is 10.5. The van der Waals surface area contributed by atoms with Gasteiger partial charge < -0.3 is 5.73 Å². The molecule has 5 nitrogen and oxygen atoms in total. The Bertz CT molecular complexity index is 407. The van der Waals surface area contributed by atoms with Crippen LogP contribution in [0.4, 0.5) is 5.82 Å². The van der Waals surface area contributed by atoms with E-state index >= 15 is 0 Å². The smallest absolute Gasteiger partial charge is 0.174 e. The van der Waals surface area contributed by atoms with Crippen LogP contribution in [-0.2, 0) is 0 Å². The van der Waals surface area contributed by atoms with Crippen molar-refractivity contribution in [3.05, 3.63) is 29.0 Å². The van der Waals surface area contributed by atoms with Crippen LogP contribution in [0.5, 0.6) is 0 Å². The molecule has 2 heterocycles. The number of hydrogen-bond acceptors (Lipinski definition) is 4. The maximum absolute atomic E-state index is 5.41. The molecule has 0 radical (unpaired) electrons. The molecule has 0 atom stereocenters. The number of halogens is 1. The van der Waals surface area contributed by atoms with Gasteiger partial charge in [-0.15, -0.1) is 9.90 Å². The van der Waals surface area contributed by atoms with E-state index in [2.05, 4.69) is 31.1 Å². The summed E-state index contributed by atoms with van der Waals surface area (Å²) in [5, 5.41) is 7.83. The Morgan fingerprint density at radius 3 is 2.69 bits per heavy atom. The highest BCUT2D eigenvalue weighted by molar-refractivity contribution is 9.10. The summed E-state index contributed by atoms with van der Waals surface area (Å²) in [6.45, 7) is 0. The number of hydrogen-bond donors (Lipinski definition) is 1. The second-order valence-electron chi connectivity index (χ2n) is 2.39. The highest BCUT2D eigenvalue weighted by atomic mass is 79.9. The fourth-order valence-corrected chi connectivity index (χ4v) is 1.11. The average Bonchev–Trinajstić information content (AvgIpc) is 2.53. The van der Waals surface area contributed by atoms with Crippen molar-refractivity contribution in [1.29, 1.82) is 0 Å². The van der Waals surface area contributed by atoms with Gasteiger partial charge in [0.05, 0.1) is 6.20 Å². The minimum Gasteiger partial charge on any atom is -0.381 e. The molecule has 0 bridgehead atoms. The first-order valence-electron chi connectivity index (χ1n) is 3.55. The van der Waals surface area contributed by atoms with Crippen molar-refractivity contribution >= 4 is 21.7 Å². The molecule has 2 aromatic heterocycles. The molecule has 0 aliphatic rings. The summed E-state index contributed by atoms with van der Waals surface area (Å²) in [6, 6.07) is 3.66. The van der Waals surface area contributed by atoms with Gasteiger partial charge in [-0.2, -0.15) is 5.10 Å². The molecule has 66 valence electrons. The van der Waals surface area contributed by atoms with E-state index in [0.717, 1.165) is 4.47 Å². The zero-order valence-corrected chi connectivity index (χ0v) is 8.14. The summed E-state index contributed by atoms with van der Waals surface area (Å²) < 4.78 is 0.913. The fourth-order valence-electron chi connectivity index (χ4n) is 0.872. The molecule has 2 N–H and O–H groups in total. The Balaban J connectivity index is 2.41. The van der Waals surface area contributed by atoms with Gasteiger partial charge in [0.1, 0.15) is 0 Å². The number of nitrogen functional groups attached to an aromatic ring is 1. The zero-order chi connectivity index (χ0) is 9.26. The lowest BCUT2D eigenvalue weighted by Crippen LogP contribution is -2.01. The predicted molar refractivity (Wildman–Crippen MR) is 51.3 cm³/mol. The first-order chi connectivity index (χ1) is 6.25. The predicted octanol–water partition coefficient (Wildman–Crippen LogP) is 1.01. The van der Waals surface area contributed by atoms with E-state index in [0.29, 0.717) is 11.6 Å². The summed E-state index contributed by atoms with van der Waals surface area (Å²) in [5.74, 6) is 1.02. The van der Waals surface area contributed by atoms with Gasteiger partial charge in [-0.3, -0.25) is 0 Å². The van der Waals surface area contributed by atoms with Crippen molar-refractivity contribution in [3.8, 4) is 5.82 Å². The van der Waals surface area contributed by atoms with Crippen LogP contribution in [0.1, 0.15) is 0 Å². The maximum atomic E-state index is 5.41. The van der Waals surface area contributed by atoms with Crippen molar-refractivity contribution < 1.29 is 0 Å². The molecule has 0 spiro atoms. The van der Waals surface area contributed by atoms with Gasteiger partial charge in [0.2, 0.25) is 0 Å². The Hall–Kier alpha value is -1.43. The number of aromatic nitrogens is 4. The third-order valence-corrected chi connectivity index (χ3v) is 1.90. The number of rotatable bonds is 1. The molecular formula is C7H6BrN5. The SMILES string of the molecule is Nc1cnn(-c2ccc(Br)cn2)n1. The maximum Gasteiger partial charge on any atom is 0.174 e. The zero-order valence-electron chi connectivity index (χ0n) is 6.55. The van der Waals surface area contributed by atoms with Crippen molar-refractivity contribution in [2.75, 3.05) is 5.73 Å². The van der Waals surface area contributed by atoms with Gasteiger partial charge in [0, 0.05) is 10.7 Å². The summed E-state index contributed by atoms with van der Waals surface area (Å²) in [4.78, 5) is 5.47. The Labute approximate surface area is 82.7 Å². The Morgan fingerprint density at radius 1 is 1.31 bits per heavy atom. The summed E-state index contributed by atoms with van der Waals surface area (Å²) in [5.41, 5.74) is 5.41. The van der Waals surface area contributed by atoms with Crippen LogP contribution in [0.15, 0.2) is 29.0 Å². The van der Waals surface area contributed by atoms with Gasteiger partial charge in [0.25, 0.3) is 0 Å². The topological polar surface area (TPSA) is 69.6 Å². The monoisotopic (exact) mass is 239 g/mol. The van der Waals surface area contributed by atoms with Crippen LogP contribution in [0.25, 0.3) is 5.82 Å². The molecule has 0 saturated carbocycles. The van der Waals surface area contributed by atoms with E-state index in [1.54, 1.807) is 12.3 Å². The first-order valence-corrected chi connectivity index (χ1v) is 4.35. The Kier molecular flexibility index (Phi) is 1.97. The summed E-state index contributed by atoms with van der Waals surface area (Å²) in [6.07, 6.45) is 3.15. The highest BCUT2D eigenvalue weighted by Gasteiger charge is 2.00. The molecule has 0 aromatic carbocycles. The molecule has 2 aromatic rings. The number of pyridine rings is 1. The van der Waals surface area contributed by atoms with Crippen molar-refractivity contribution in [2.24, 2.45) is 0 Å². The van der Waals surface area contributed by atoms with Crippen molar-refractivity contribution in [2.45, 2.75) is 0 Å². The number of anilines is 1. The number of nitrogens with zero attached hydrogens (tertiary/aromatic N) is 4. The quantitative estimate of drug-likeness (QED) is 0.807. The molecule has 0 fully saturated rings. The van der Waals surface area contributed by atoms with Crippen molar-refractivity contribution in [3.63, 3.8) is 0 Å². The van der Waals surface area contributed by atoms with Gasteiger partial charge in [0.15, 0.2) is 11.6 Å². The third kappa shape index (κ3) is 1.67. The largest absolute Gasteiger partial charge is 0.381 e. The van der Waals surface area contributed by atoms with Gasteiger partial charge in [-0.1, -0.05) is 0 Å². The molecule has 0 aliphatic carbocycles.